The molecule has 0 saturated heterocycles. The SMILES string of the molecule is CC(CNC(=O)c1ccc2c(c1)CCN2C)CNC1CCCc2ccccc21. The molecule has 2 atom stereocenters. The van der Waals surface area contributed by atoms with Crippen LogP contribution in [0.1, 0.15) is 52.9 Å². The van der Waals surface area contributed by atoms with Crippen molar-refractivity contribution in [3.05, 3.63) is 64.7 Å². The van der Waals surface area contributed by atoms with Crippen LogP contribution in [0.15, 0.2) is 42.5 Å². The van der Waals surface area contributed by atoms with Gasteiger partial charge >= 0.3 is 0 Å². The topological polar surface area (TPSA) is 44.4 Å². The van der Waals surface area contributed by atoms with E-state index in [-0.39, 0.29) is 5.91 Å². The maximum absolute atomic E-state index is 12.6. The van der Waals surface area contributed by atoms with Crippen LogP contribution in [-0.2, 0) is 12.8 Å². The molecule has 1 heterocycles. The van der Waals surface area contributed by atoms with Crippen molar-refractivity contribution >= 4 is 11.6 Å². The molecule has 1 aliphatic carbocycles. The Bertz CT molecular complexity index is 847. The van der Waals surface area contributed by atoms with Crippen molar-refractivity contribution in [2.45, 2.75) is 38.6 Å². The van der Waals surface area contributed by atoms with Gasteiger partial charge < -0.3 is 15.5 Å². The van der Waals surface area contributed by atoms with E-state index in [4.69, 9.17) is 0 Å². The molecule has 2 aromatic carbocycles. The molecular formula is C24H31N3O. The smallest absolute Gasteiger partial charge is 0.251 e. The number of amides is 1. The quantitative estimate of drug-likeness (QED) is 0.807. The van der Waals surface area contributed by atoms with Gasteiger partial charge in [0.15, 0.2) is 0 Å². The number of nitrogens with zero attached hydrogens (tertiary/aromatic N) is 1. The number of carbonyl (C=O) groups excluding carboxylic acids is 1. The molecule has 0 saturated carbocycles. The van der Waals surface area contributed by atoms with E-state index >= 15 is 0 Å². The van der Waals surface area contributed by atoms with Crippen LogP contribution >= 0.6 is 0 Å². The Morgan fingerprint density at radius 2 is 2.00 bits per heavy atom. The number of carbonyl (C=O) groups is 1. The number of likely N-dealkylation sites (N-methyl/N-ethyl adjacent to an activating group) is 1. The second kappa shape index (κ2) is 8.36. The Kier molecular flexibility index (Phi) is 5.67. The summed E-state index contributed by atoms with van der Waals surface area (Å²) in [6.07, 6.45) is 4.65. The van der Waals surface area contributed by atoms with Gasteiger partial charge in [-0.05, 0) is 73.0 Å². The van der Waals surface area contributed by atoms with Gasteiger partial charge in [-0.1, -0.05) is 31.2 Å². The van der Waals surface area contributed by atoms with E-state index in [0.29, 0.717) is 18.5 Å². The fourth-order valence-electron chi connectivity index (χ4n) is 4.46. The highest BCUT2D eigenvalue weighted by Crippen LogP contribution is 2.29. The second-order valence-corrected chi connectivity index (χ2v) is 8.38. The maximum Gasteiger partial charge on any atom is 0.251 e. The molecule has 0 bridgehead atoms. The van der Waals surface area contributed by atoms with Gasteiger partial charge in [-0.15, -0.1) is 0 Å². The number of anilines is 1. The lowest BCUT2D eigenvalue weighted by atomic mass is 9.87. The van der Waals surface area contributed by atoms with Crippen molar-refractivity contribution in [1.82, 2.24) is 10.6 Å². The maximum atomic E-state index is 12.6. The Morgan fingerprint density at radius 1 is 1.14 bits per heavy atom. The number of hydrogen-bond donors (Lipinski definition) is 2. The molecule has 2 aromatic rings. The Labute approximate surface area is 168 Å². The number of fused-ring (bicyclic) bond motifs is 2. The van der Waals surface area contributed by atoms with Crippen molar-refractivity contribution in [3.8, 4) is 0 Å². The summed E-state index contributed by atoms with van der Waals surface area (Å²) in [4.78, 5) is 14.8. The van der Waals surface area contributed by atoms with E-state index in [0.717, 1.165) is 25.1 Å². The summed E-state index contributed by atoms with van der Waals surface area (Å²) in [7, 11) is 2.10. The monoisotopic (exact) mass is 377 g/mol. The normalized spacial score (nSPS) is 19.1. The summed E-state index contributed by atoms with van der Waals surface area (Å²) in [6, 6.07) is 15.3. The molecule has 4 nitrogen and oxygen atoms in total. The Balaban J connectivity index is 1.27. The molecule has 1 amide bonds. The summed E-state index contributed by atoms with van der Waals surface area (Å²) in [5.41, 5.74) is 6.24. The Morgan fingerprint density at radius 3 is 2.89 bits per heavy atom. The minimum atomic E-state index is 0.0345. The highest BCUT2D eigenvalue weighted by atomic mass is 16.1. The summed E-state index contributed by atoms with van der Waals surface area (Å²) in [5, 5.41) is 6.84. The van der Waals surface area contributed by atoms with Crippen molar-refractivity contribution < 1.29 is 4.79 Å². The van der Waals surface area contributed by atoms with E-state index in [1.54, 1.807) is 0 Å². The zero-order valence-electron chi connectivity index (χ0n) is 17.0. The van der Waals surface area contributed by atoms with Crippen LogP contribution in [0.2, 0.25) is 0 Å². The first-order valence-corrected chi connectivity index (χ1v) is 10.6. The van der Waals surface area contributed by atoms with Gasteiger partial charge in [-0.25, -0.2) is 0 Å². The Hall–Kier alpha value is -2.33. The van der Waals surface area contributed by atoms with E-state index in [1.165, 1.54) is 41.6 Å². The molecule has 148 valence electrons. The van der Waals surface area contributed by atoms with Crippen LogP contribution in [0.5, 0.6) is 0 Å². The van der Waals surface area contributed by atoms with Gasteiger partial charge in [0, 0.05) is 37.4 Å². The van der Waals surface area contributed by atoms with Crippen molar-refractivity contribution in [2.75, 3.05) is 31.6 Å². The lowest BCUT2D eigenvalue weighted by Gasteiger charge is -2.27. The van der Waals surface area contributed by atoms with Crippen molar-refractivity contribution in [2.24, 2.45) is 5.92 Å². The number of nitrogens with one attached hydrogen (secondary N) is 2. The molecule has 4 heteroatoms. The summed E-state index contributed by atoms with van der Waals surface area (Å²) >= 11 is 0. The number of hydrogen-bond acceptors (Lipinski definition) is 3. The predicted molar refractivity (Wildman–Crippen MR) is 115 cm³/mol. The molecular weight excluding hydrogens is 346 g/mol. The lowest BCUT2D eigenvalue weighted by molar-refractivity contribution is 0.0947. The van der Waals surface area contributed by atoms with Crippen LogP contribution in [0.4, 0.5) is 5.69 Å². The first kappa shape index (κ1) is 19.0. The fraction of sp³-hybridized carbons (Fsp3) is 0.458. The third kappa shape index (κ3) is 4.07. The molecule has 28 heavy (non-hydrogen) atoms. The molecule has 0 aromatic heterocycles. The van der Waals surface area contributed by atoms with Crippen molar-refractivity contribution in [1.29, 1.82) is 0 Å². The van der Waals surface area contributed by atoms with E-state index in [2.05, 4.69) is 65.9 Å². The first-order valence-electron chi connectivity index (χ1n) is 10.6. The average Bonchev–Trinajstić information content (AvgIpc) is 3.10. The number of aryl methyl sites for hydroxylation is 1. The third-order valence-corrected chi connectivity index (χ3v) is 6.16. The number of rotatable bonds is 6. The van der Waals surface area contributed by atoms with E-state index in [9.17, 15) is 4.79 Å². The third-order valence-electron chi connectivity index (χ3n) is 6.16. The van der Waals surface area contributed by atoms with Gasteiger partial charge in [0.25, 0.3) is 5.91 Å². The van der Waals surface area contributed by atoms with Gasteiger partial charge in [0.1, 0.15) is 0 Å². The summed E-state index contributed by atoms with van der Waals surface area (Å²) in [5.74, 6) is 0.422. The van der Waals surface area contributed by atoms with Gasteiger partial charge in [0.2, 0.25) is 0 Å². The van der Waals surface area contributed by atoms with Crippen LogP contribution < -0.4 is 15.5 Å². The zero-order valence-corrected chi connectivity index (χ0v) is 17.0. The first-order chi connectivity index (χ1) is 13.6. The van der Waals surface area contributed by atoms with E-state index in [1.807, 2.05) is 6.07 Å². The summed E-state index contributed by atoms with van der Waals surface area (Å²) < 4.78 is 0. The molecule has 0 fully saturated rings. The van der Waals surface area contributed by atoms with E-state index < -0.39 is 0 Å². The van der Waals surface area contributed by atoms with Gasteiger partial charge in [-0.2, -0.15) is 0 Å². The zero-order chi connectivity index (χ0) is 19.5. The summed E-state index contributed by atoms with van der Waals surface area (Å²) in [6.45, 7) is 4.83. The lowest BCUT2D eigenvalue weighted by Crippen LogP contribution is -2.35. The minimum Gasteiger partial charge on any atom is -0.374 e. The largest absolute Gasteiger partial charge is 0.374 e. The fourth-order valence-corrected chi connectivity index (χ4v) is 4.46. The average molecular weight is 378 g/mol. The molecule has 0 radical (unpaired) electrons. The van der Waals surface area contributed by atoms with Gasteiger partial charge in [-0.3, -0.25) is 4.79 Å². The molecule has 2 unspecified atom stereocenters. The van der Waals surface area contributed by atoms with Crippen LogP contribution in [0, 0.1) is 5.92 Å². The molecule has 2 aliphatic rings. The number of benzene rings is 2. The van der Waals surface area contributed by atoms with Crippen LogP contribution in [0.25, 0.3) is 0 Å². The molecule has 4 rings (SSSR count). The standard InChI is InChI=1S/C24H31N3O/c1-17(15-25-22-9-5-7-18-6-3-4-8-21(18)22)16-26-24(28)20-10-11-23-19(14-20)12-13-27(23)2/h3-4,6,8,10-11,14,17,22,25H,5,7,9,12-13,15-16H2,1-2H3,(H,26,28). The van der Waals surface area contributed by atoms with Crippen molar-refractivity contribution in [3.63, 3.8) is 0 Å². The molecule has 1 aliphatic heterocycles. The van der Waals surface area contributed by atoms with Crippen LogP contribution in [0.3, 0.4) is 0 Å². The highest BCUT2D eigenvalue weighted by Gasteiger charge is 2.20. The molecule has 2 N–H and O–H groups in total. The minimum absolute atomic E-state index is 0.0345. The predicted octanol–water partition coefficient (Wildman–Crippen LogP) is 3.71. The van der Waals surface area contributed by atoms with Gasteiger partial charge in [0.05, 0.1) is 0 Å². The highest BCUT2D eigenvalue weighted by molar-refractivity contribution is 5.95. The second-order valence-electron chi connectivity index (χ2n) is 8.38. The van der Waals surface area contributed by atoms with Crippen LogP contribution in [-0.4, -0.2) is 32.6 Å². The molecule has 0 spiro atoms.